The SMILES string of the molecule is CN(C)CC(=O)N1CCN(C(=O)N2CCOCC2)[C@H]2CS(=O)(=O)C[C@H]21. The maximum atomic E-state index is 12.9. The fraction of sp³-hybridized carbons (Fsp3) is 0.867. The Bertz CT molecular complexity index is 632. The highest BCUT2D eigenvalue weighted by Gasteiger charge is 2.50. The number of piperazine rings is 1. The summed E-state index contributed by atoms with van der Waals surface area (Å²) >= 11 is 0. The van der Waals surface area contributed by atoms with Crippen LogP contribution in [-0.2, 0) is 19.4 Å². The van der Waals surface area contributed by atoms with Crippen LogP contribution in [0.25, 0.3) is 0 Å². The number of rotatable bonds is 2. The highest BCUT2D eigenvalue weighted by molar-refractivity contribution is 7.91. The van der Waals surface area contributed by atoms with Crippen molar-refractivity contribution in [3.63, 3.8) is 0 Å². The van der Waals surface area contributed by atoms with E-state index in [0.29, 0.717) is 39.4 Å². The number of hydrogen-bond acceptors (Lipinski definition) is 6. The highest BCUT2D eigenvalue weighted by atomic mass is 32.2. The van der Waals surface area contributed by atoms with E-state index in [1.807, 2.05) is 0 Å². The monoisotopic (exact) mass is 374 g/mol. The fourth-order valence-electron chi connectivity index (χ4n) is 3.80. The van der Waals surface area contributed by atoms with Crippen LogP contribution in [0.5, 0.6) is 0 Å². The molecule has 0 aliphatic carbocycles. The number of sulfone groups is 1. The first-order chi connectivity index (χ1) is 11.8. The van der Waals surface area contributed by atoms with E-state index in [9.17, 15) is 18.0 Å². The van der Waals surface area contributed by atoms with E-state index in [2.05, 4.69) is 0 Å². The Morgan fingerprint density at radius 2 is 1.56 bits per heavy atom. The molecule has 9 nitrogen and oxygen atoms in total. The van der Waals surface area contributed by atoms with Crippen LogP contribution in [0.2, 0.25) is 0 Å². The van der Waals surface area contributed by atoms with Crippen molar-refractivity contribution >= 4 is 21.8 Å². The third-order valence-corrected chi connectivity index (χ3v) is 6.67. The average Bonchev–Trinajstić information content (AvgIpc) is 2.88. The molecule has 3 saturated heterocycles. The first-order valence-electron chi connectivity index (χ1n) is 8.56. The van der Waals surface area contributed by atoms with Gasteiger partial charge in [0, 0.05) is 26.2 Å². The quantitative estimate of drug-likeness (QED) is 0.573. The zero-order chi connectivity index (χ0) is 18.2. The van der Waals surface area contributed by atoms with Gasteiger partial charge in [0.1, 0.15) is 0 Å². The summed E-state index contributed by atoms with van der Waals surface area (Å²) in [6.07, 6.45) is 0. The highest BCUT2D eigenvalue weighted by Crippen LogP contribution is 2.28. The molecule has 0 unspecified atom stereocenters. The molecule has 0 saturated carbocycles. The van der Waals surface area contributed by atoms with E-state index in [4.69, 9.17) is 4.74 Å². The Kier molecular flexibility index (Phi) is 5.21. The second-order valence-electron chi connectivity index (χ2n) is 7.11. The Hall–Kier alpha value is -1.39. The molecule has 0 N–H and O–H groups in total. The van der Waals surface area contributed by atoms with E-state index in [0.717, 1.165) is 0 Å². The van der Waals surface area contributed by atoms with E-state index in [1.165, 1.54) is 0 Å². The van der Waals surface area contributed by atoms with E-state index >= 15 is 0 Å². The molecule has 3 aliphatic heterocycles. The van der Waals surface area contributed by atoms with Crippen LogP contribution in [-0.4, -0.2) is 124 Å². The van der Waals surface area contributed by atoms with Crippen molar-refractivity contribution in [2.24, 2.45) is 0 Å². The molecular weight excluding hydrogens is 348 g/mol. The summed E-state index contributed by atoms with van der Waals surface area (Å²) in [6.45, 7) is 3.01. The molecule has 25 heavy (non-hydrogen) atoms. The molecule has 0 bridgehead atoms. The second kappa shape index (κ2) is 7.08. The van der Waals surface area contributed by atoms with Crippen LogP contribution in [0.4, 0.5) is 4.79 Å². The van der Waals surface area contributed by atoms with Crippen LogP contribution in [0, 0.1) is 0 Å². The first kappa shape index (κ1) is 18.4. The minimum Gasteiger partial charge on any atom is -0.378 e. The predicted octanol–water partition coefficient (Wildman–Crippen LogP) is -1.69. The largest absolute Gasteiger partial charge is 0.378 e. The summed E-state index contributed by atoms with van der Waals surface area (Å²) < 4.78 is 29.7. The summed E-state index contributed by atoms with van der Waals surface area (Å²) in [7, 11) is 0.344. The molecule has 3 heterocycles. The number of nitrogens with zero attached hydrogens (tertiary/aromatic N) is 4. The number of amides is 3. The molecule has 0 radical (unpaired) electrons. The molecule has 3 fully saturated rings. The number of fused-ring (bicyclic) bond motifs is 1. The number of carbonyl (C=O) groups excluding carboxylic acids is 2. The van der Waals surface area contributed by atoms with Crippen LogP contribution < -0.4 is 0 Å². The van der Waals surface area contributed by atoms with Crippen molar-refractivity contribution in [3.05, 3.63) is 0 Å². The summed E-state index contributed by atoms with van der Waals surface area (Å²) in [5.74, 6) is -0.223. The van der Waals surface area contributed by atoms with Gasteiger partial charge in [-0.3, -0.25) is 4.79 Å². The van der Waals surface area contributed by atoms with Gasteiger partial charge in [-0.25, -0.2) is 13.2 Å². The van der Waals surface area contributed by atoms with Crippen molar-refractivity contribution in [1.29, 1.82) is 0 Å². The summed E-state index contributed by atoms with van der Waals surface area (Å²) in [5, 5.41) is 0. The van der Waals surface area contributed by atoms with Crippen molar-refractivity contribution in [2.75, 3.05) is 71.5 Å². The van der Waals surface area contributed by atoms with Crippen LogP contribution in [0.1, 0.15) is 0 Å². The third kappa shape index (κ3) is 3.90. The van der Waals surface area contributed by atoms with Gasteiger partial charge in [0.15, 0.2) is 9.84 Å². The van der Waals surface area contributed by atoms with Gasteiger partial charge in [-0.2, -0.15) is 0 Å². The maximum absolute atomic E-state index is 12.9. The van der Waals surface area contributed by atoms with E-state index < -0.39 is 21.9 Å². The number of urea groups is 1. The molecule has 0 aromatic carbocycles. The van der Waals surface area contributed by atoms with Gasteiger partial charge in [-0.1, -0.05) is 0 Å². The van der Waals surface area contributed by atoms with Gasteiger partial charge in [-0.05, 0) is 14.1 Å². The molecule has 3 rings (SSSR count). The molecular formula is C15H26N4O5S. The molecule has 2 atom stereocenters. The normalized spacial score (nSPS) is 29.0. The minimum atomic E-state index is -3.27. The van der Waals surface area contributed by atoms with Crippen LogP contribution >= 0.6 is 0 Å². The lowest BCUT2D eigenvalue weighted by atomic mass is 10.0. The Balaban J connectivity index is 1.78. The van der Waals surface area contributed by atoms with Crippen LogP contribution in [0.3, 0.4) is 0 Å². The summed E-state index contributed by atoms with van der Waals surface area (Å²) in [6, 6.07) is -1.05. The number of hydrogen-bond donors (Lipinski definition) is 0. The van der Waals surface area contributed by atoms with Crippen molar-refractivity contribution in [2.45, 2.75) is 12.1 Å². The van der Waals surface area contributed by atoms with E-state index in [-0.39, 0.29) is 30.0 Å². The van der Waals surface area contributed by atoms with Gasteiger partial charge in [0.05, 0.1) is 43.3 Å². The van der Waals surface area contributed by atoms with Gasteiger partial charge >= 0.3 is 6.03 Å². The zero-order valence-electron chi connectivity index (χ0n) is 14.8. The lowest BCUT2D eigenvalue weighted by Crippen LogP contribution is -2.65. The number of likely N-dealkylation sites (N-methyl/N-ethyl adjacent to an activating group) is 1. The van der Waals surface area contributed by atoms with Gasteiger partial charge < -0.3 is 24.3 Å². The molecule has 10 heteroatoms. The molecule has 0 aromatic rings. The van der Waals surface area contributed by atoms with Gasteiger partial charge in [-0.15, -0.1) is 0 Å². The smallest absolute Gasteiger partial charge is 0.320 e. The zero-order valence-corrected chi connectivity index (χ0v) is 15.6. The second-order valence-corrected chi connectivity index (χ2v) is 9.27. The molecule has 142 valence electrons. The Morgan fingerprint density at radius 1 is 1.00 bits per heavy atom. The van der Waals surface area contributed by atoms with E-state index in [1.54, 1.807) is 33.7 Å². The number of ether oxygens (including phenoxy) is 1. The lowest BCUT2D eigenvalue weighted by Gasteiger charge is -2.45. The summed E-state index contributed by atoms with van der Waals surface area (Å²) in [5.41, 5.74) is 0. The van der Waals surface area contributed by atoms with Gasteiger partial charge in [0.2, 0.25) is 5.91 Å². The predicted molar refractivity (Wildman–Crippen MR) is 91.0 cm³/mol. The van der Waals surface area contributed by atoms with Crippen molar-refractivity contribution < 1.29 is 22.7 Å². The van der Waals surface area contributed by atoms with Crippen LogP contribution in [0.15, 0.2) is 0 Å². The fourth-order valence-corrected chi connectivity index (χ4v) is 5.78. The van der Waals surface area contributed by atoms with Gasteiger partial charge in [0.25, 0.3) is 0 Å². The Labute approximate surface area is 148 Å². The van der Waals surface area contributed by atoms with Crippen molar-refractivity contribution in [3.8, 4) is 0 Å². The topological polar surface area (TPSA) is 90.5 Å². The number of morpholine rings is 1. The molecule has 3 amide bonds. The lowest BCUT2D eigenvalue weighted by molar-refractivity contribution is -0.137. The van der Waals surface area contributed by atoms with Crippen molar-refractivity contribution in [1.82, 2.24) is 19.6 Å². The average molecular weight is 374 g/mol. The third-order valence-electron chi connectivity index (χ3n) is 4.98. The maximum Gasteiger partial charge on any atom is 0.320 e. The summed E-state index contributed by atoms with van der Waals surface area (Å²) in [4.78, 5) is 32.1. The molecule has 3 aliphatic rings. The standard InChI is InChI=1S/C15H26N4O5S/c1-16(2)9-14(20)18-3-4-19(13-11-25(22,23)10-12(13)18)15(21)17-5-7-24-8-6-17/h12-13H,3-11H2,1-2H3/t12-,13+/m1/s1. The molecule has 0 aromatic heterocycles. The molecule has 0 spiro atoms. The Morgan fingerprint density at radius 3 is 2.16 bits per heavy atom. The first-order valence-corrected chi connectivity index (χ1v) is 10.4. The minimum absolute atomic E-state index is 0.0657. The number of carbonyl (C=O) groups is 2.